The first-order chi connectivity index (χ1) is 14.1. The van der Waals surface area contributed by atoms with Gasteiger partial charge in [-0.05, 0) is 52.9 Å². The number of nitrogens with zero attached hydrogens (tertiary/aromatic N) is 2. The third-order valence-corrected chi connectivity index (χ3v) is 6.92. The summed E-state index contributed by atoms with van der Waals surface area (Å²) in [5, 5.41) is 3.70. The number of rotatable bonds is 6. The molecule has 0 saturated heterocycles. The molecule has 10 heteroatoms. The predicted molar refractivity (Wildman–Crippen MR) is 120 cm³/mol. The van der Waals surface area contributed by atoms with Crippen molar-refractivity contribution in [2.75, 3.05) is 26.0 Å². The van der Waals surface area contributed by atoms with Crippen LogP contribution in [0.25, 0.3) is 10.2 Å². The highest BCUT2D eigenvalue weighted by Gasteiger charge is 2.25. The van der Waals surface area contributed by atoms with Crippen LogP contribution in [0.15, 0.2) is 4.79 Å². The van der Waals surface area contributed by atoms with Crippen molar-refractivity contribution >= 4 is 49.8 Å². The van der Waals surface area contributed by atoms with E-state index in [0.717, 1.165) is 10.4 Å². The second-order valence-electron chi connectivity index (χ2n) is 7.15. The van der Waals surface area contributed by atoms with Crippen LogP contribution in [0.1, 0.15) is 48.8 Å². The van der Waals surface area contributed by atoms with Gasteiger partial charge in [0, 0.05) is 4.88 Å². The monoisotopic (exact) mass is 448 g/mol. The van der Waals surface area contributed by atoms with E-state index in [4.69, 9.17) is 4.74 Å². The van der Waals surface area contributed by atoms with Crippen LogP contribution in [0, 0.1) is 20.8 Å². The molecule has 0 spiro atoms. The molecule has 0 unspecified atom stereocenters. The first-order valence-electron chi connectivity index (χ1n) is 9.39. The highest BCUT2D eigenvalue weighted by Crippen LogP contribution is 2.35. The van der Waals surface area contributed by atoms with Gasteiger partial charge in [0.1, 0.15) is 15.7 Å². The molecule has 0 aliphatic carbocycles. The Balaban J connectivity index is 2.00. The zero-order valence-corrected chi connectivity index (χ0v) is 19.4. The number of amides is 1. The van der Waals surface area contributed by atoms with E-state index in [1.165, 1.54) is 22.7 Å². The van der Waals surface area contributed by atoms with Gasteiger partial charge in [-0.2, -0.15) is 0 Å². The number of thiophene rings is 2. The van der Waals surface area contributed by atoms with Gasteiger partial charge in [-0.1, -0.05) is 0 Å². The van der Waals surface area contributed by atoms with E-state index in [9.17, 15) is 14.4 Å². The standard InChI is InChI=1S/C20H24N4O4S2/c1-7-28-20(27)14-9(2)11(4)29-19(14)23-17(26)15-10(3)13-16(25)21-12(8-24(5)6)22-18(13)30-15/h7-8H2,1-6H3,(H,23,26)(H,21,22,25). The van der Waals surface area contributed by atoms with Crippen LogP contribution < -0.4 is 10.9 Å². The number of aromatic amines is 1. The van der Waals surface area contributed by atoms with E-state index in [-0.39, 0.29) is 18.1 Å². The second kappa shape index (κ2) is 8.66. The lowest BCUT2D eigenvalue weighted by Crippen LogP contribution is -2.18. The van der Waals surface area contributed by atoms with Crippen LogP contribution in [-0.2, 0) is 11.3 Å². The quantitative estimate of drug-likeness (QED) is 0.560. The Kier molecular flexibility index (Phi) is 6.39. The summed E-state index contributed by atoms with van der Waals surface area (Å²) in [6.07, 6.45) is 0. The molecule has 0 aliphatic rings. The second-order valence-corrected chi connectivity index (χ2v) is 9.37. The fraction of sp³-hybridized carbons (Fsp3) is 0.400. The summed E-state index contributed by atoms with van der Waals surface area (Å²) >= 11 is 2.50. The van der Waals surface area contributed by atoms with Gasteiger partial charge in [0.25, 0.3) is 11.5 Å². The fourth-order valence-electron chi connectivity index (χ4n) is 3.10. The number of aromatic nitrogens is 2. The zero-order chi connectivity index (χ0) is 22.2. The summed E-state index contributed by atoms with van der Waals surface area (Å²) in [5.74, 6) is -0.301. The number of nitrogens with one attached hydrogen (secondary N) is 2. The van der Waals surface area contributed by atoms with Crippen LogP contribution in [0.3, 0.4) is 0 Å². The van der Waals surface area contributed by atoms with Gasteiger partial charge < -0.3 is 19.9 Å². The molecule has 0 saturated carbocycles. The average Bonchev–Trinajstić information content (AvgIpc) is 3.11. The van der Waals surface area contributed by atoms with Gasteiger partial charge >= 0.3 is 5.97 Å². The smallest absolute Gasteiger partial charge is 0.341 e. The number of anilines is 1. The Bertz CT molecular complexity index is 1190. The van der Waals surface area contributed by atoms with E-state index >= 15 is 0 Å². The molecule has 3 heterocycles. The molecular weight excluding hydrogens is 424 g/mol. The number of carbonyl (C=O) groups excluding carboxylic acids is 2. The SMILES string of the molecule is CCOC(=O)c1c(NC(=O)c2sc3nc(CN(C)C)[nH]c(=O)c3c2C)sc(C)c1C. The normalized spacial score (nSPS) is 11.3. The summed E-state index contributed by atoms with van der Waals surface area (Å²) < 4.78 is 5.14. The Morgan fingerprint density at radius 3 is 2.50 bits per heavy atom. The number of ether oxygens (including phenoxy) is 1. The van der Waals surface area contributed by atoms with Crippen molar-refractivity contribution in [1.82, 2.24) is 14.9 Å². The maximum atomic E-state index is 13.0. The van der Waals surface area contributed by atoms with E-state index in [0.29, 0.717) is 43.6 Å². The molecular formula is C20H24N4O4S2. The summed E-state index contributed by atoms with van der Waals surface area (Å²) in [6.45, 7) is 7.92. The van der Waals surface area contributed by atoms with Crippen LogP contribution in [0.4, 0.5) is 5.00 Å². The van der Waals surface area contributed by atoms with E-state index in [1.54, 1.807) is 13.8 Å². The minimum absolute atomic E-state index is 0.250. The van der Waals surface area contributed by atoms with Crippen molar-refractivity contribution in [3.8, 4) is 0 Å². The number of fused-ring (bicyclic) bond motifs is 1. The summed E-state index contributed by atoms with van der Waals surface area (Å²) in [6, 6.07) is 0. The topological polar surface area (TPSA) is 104 Å². The Labute approximate surface area is 181 Å². The molecule has 0 atom stereocenters. The lowest BCUT2D eigenvalue weighted by atomic mass is 10.1. The van der Waals surface area contributed by atoms with Crippen LogP contribution >= 0.6 is 22.7 Å². The molecule has 0 bridgehead atoms. The number of hydrogen-bond donors (Lipinski definition) is 2. The Hall–Kier alpha value is -2.56. The first kappa shape index (κ1) is 22.1. The molecule has 1 amide bonds. The third kappa shape index (κ3) is 4.16. The number of carbonyl (C=O) groups is 2. The van der Waals surface area contributed by atoms with Crippen molar-refractivity contribution in [3.05, 3.63) is 42.6 Å². The lowest BCUT2D eigenvalue weighted by molar-refractivity contribution is 0.0527. The van der Waals surface area contributed by atoms with Gasteiger partial charge in [-0.3, -0.25) is 9.59 Å². The van der Waals surface area contributed by atoms with Gasteiger partial charge in [-0.25, -0.2) is 9.78 Å². The molecule has 30 heavy (non-hydrogen) atoms. The van der Waals surface area contributed by atoms with Crippen LogP contribution in [0.5, 0.6) is 0 Å². The number of aryl methyl sites for hydroxylation is 2. The van der Waals surface area contributed by atoms with Crippen molar-refractivity contribution in [3.63, 3.8) is 0 Å². The molecule has 0 aromatic carbocycles. The Morgan fingerprint density at radius 1 is 1.17 bits per heavy atom. The van der Waals surface area contributed by atoms with Gasteiger partial charge in [0.15, 0.2) is 0 Å². The molecule has 3 rings (SSSR count). The van der Waals surface area contributed by atoms with Crippen molar-refractivity contribution in [2.24, 2.45) is 0 Å². The van der Waals surface area contributed by atoms with Gasteiger partial charge in [0.2, 0.25) is 0 Å². The molecule has 8 nitrogen and oxygen atoms in total. The molecule has 0 aliphatic heterocycles. The predicted octanol–water partition coefficient (Wildman–Crippen LogP) is 3.46. The molecule has 3 aromatic rings. The molecule has 2 N–H and O–H groups in total. The van der Waals surface area contributed by atoms with Crippen LogP contribution in [-0.4, -0.2) is 47.4 Å². The number of esters is 1. The maximum Gasteiger partial charge on any atom is 0.341 e. The van der Waals surface area contributed by atoms with Crippen molar-refractivity contribution < 1.29 is 14.3 Å². The maximum absolute atomic E-state index is 13.0. The summed E-state index contributed by atoms with van der Waals surface area (Å²) in [5.41, 5.74) is 1.46. The molecule has 0 fully saturated rings. The average molecular weight is 449 g/mol. The van der Waals surface area contributed by atoms with Gasteiger partial charge in [-0.15, -0.1) is 22.7 Å². The minimum atomic E-state index is -0.464. The van der Waals surface area contributed by atoms with Gasteiger partial charge in [0.05, 0.1) is 29.0 Å². The highest BCUT2D eigenvalue weighted by atomic mass is 32.1. The Morgan fingerprint density at radius 2 is 1.87 bits per heavy atom. The highest BCUT2D eigenvalue weighted by molar-refractivity contribution is 7.21. The number of hydrogen-bond acceptors (Lipinski definition) is 8. The largest absolute Gasteiger partial charge is 0.462 e. The first-order valence-corrected chi connectivity index (χ1v) is 11.0. The van der Waals surface area contributed by atoms with Crippen molar-refractivity contribution in [1.29, 1.82) is 0 Å². The number of H-pyrrole nitrogens is 1. The summed E-state index contributed by atoms with van der Waals surface area (Å²) in [4.78, 5) is 49.0. The lowest BCUT2D eigenvalue weighted by Gasteiger charge is -2.07. The van der Waals surface area contributed by atoms with Crippen LogP contribution in [0.2, 0.25) is 0 Å². The zero-order valence-electron chi connectivity index (χ0n) is 17.8. The van der Waals surface area contributed by atoms with Crippen molar-refractivity contribution in [2.45, 2.75) is 34.2 Å². The molecule has 3 aromatic heterocycles. The molecule has 0 radical (unpaired) electrons. The third-order valence-electron chi connectivity index (χ3n) is 4.61. The van der Waals surface area contributed by atoms with E-state index in [2.05, 4.69) is 15.3 Å². The summed E-state index contributed by atoms with van der Waals surface area (Å²) in [7, 11) is 3.77. The van der Waals surface area contributed by atoms with E-state index < -0.39 is 5.97 Å². The minimum Gasteiger partial charge on any atom is -0.462 e. The molecule has 160 valence electrons. The van der Waals surface area contributed by atoms with E-state index in [1.807, 2.05) is 32.8 Å². The fourth-order valence-corrected chi connectivity index (χ4v) is 5.24.